The molecule has 0 saturated heterocycles. The zero-order valence-corrected chi connectivity index (χ0v) is 15.6. The van der Waals surface area contributed by atoms with E-state index in [9.17, 15) is 4.79 Å². The lowest BCUT2D eigenvalue weighted by molar-refractivity contribution is -0.123. The fraction of sp³-hybridized carbons (Fsp3) is 0.263. The van der Waals surface area contributed by atoms with Crippen molar-refractivity contribution in [2.24, 2.45) is 5.10 Å². The molecular weight excluding hydrogens is 352 g/mol. The molecule has 144 valence electrons. The van der Waals surface area contributed by atoms with Crippen molar-refractivity contribution in [2.75, 3.05) is 35.0 Å². The summed E-state index contributed by atoms with van der Waals surface area (Å²) in [6, 6.07) is 10.5. The van der Waals surface area contributed by atoms with Gasteiger partial charge in [-0.15, -0.1) is 0 Å². The number of nitrogens with one attached hydrogen (secondary N) is 1. The normalized spacial score (nSPS) is 10.4. The number of hydrogen-bond donors (Lipinski definition) is 1. The molecule has 0 bridgehead atoms. The minimum atomic E-state index is -0.412. The minimum Gasteiger partial charge on any atom is -0.493 e. The molecule has 0 heterocycles. The lowest BCUT2D eigenvalue weighted by Gasteiger charge is -2.12. The number of hydrogen-bond acceptors (Lipinski definition) is 7. The Balaban J connectivity index is 1.97. The van der Waals surface area contributed by atoms with E-state index in [-0.39, 0.29) is 6.61 Å². The number of benzene rings is 2. The summed E-state index contributed by atoms with van der Waals surface area (Å²) in [7, 11) is 6.10. The topological polar surface area (TPSA) is 87.6 Å². The molecule has 8 heteroatoms. The Kier molecular flexibility index (Phi) is 7.30. The van der Waals surface area contributed by atoms with Crippen LogP contribution < -0.4 is 29.1 Å². The maximum Gasteiger partial charge on any atom is 0.277 e. The van der Waals surface area contributed by atoms with Crippen molar-refractivity contribution in [2.45, 2.75) is 0 Å². The number of amides is 1. The monoisotopic (exact) mass is 374 g/mol. The summed E-state index contributed by atoms with van der Waals surface area (Å²) in [5, 5.41) is 3.91. The molecule has 0 atom stereocenters. The third kappa shape index (κ3) is 5.27. The summed E-state index contributed by atoms with van der Waals surface area (Å²) in [4.78, 5) is 11.9. The van der Waals surface area contributed by atoms with Gasteiger partial charge in [-0.1, -0.05) is 12.1 Å². The van der Waals surface area contributed by atoms with Crippen molar-refractivity contribution in [3.05, 3.63) is 42.0 Å². The van der Waals surface area contributed by atoms with E-state index in [2.05, 4.69) is 10.5 Å². The number of carbonyl (C=O) groups is 1. The second kappa shape index (κ2) is 9.91. The first-order chi connectivity index (χ1) is 13.1. The standard InChI is InChI=1S/C19H22N2O6/c1-23-14-7-5-6-8-15(14)27-12-18(22)21-20-11-13-9-16(24-2)19(26-4)17(10-13)25-3/h5-11H,12H2,1-4H3,(H,21,22). The number of ether oxygens (including phenoxy) is 5. The van der Waals surface area contributed by atoms with Crippen LogP contribution in [-0.4, -0.2) is 47.2 Å². The third-order valence-corrected chi connectivity index (χ3v) is 3.52. The van der Waals surface area contributed by atoms with Gasteiger partial charge in [0.2, 0.25) is 5.75 Å². The molecule has 1 N–H and O–H groups in total. The SMILES string of the molecule is COc1ccccc1OCC(=O)NN=Cc1cc(OC)c(OC)c(OC)c1. The van der Waals surface area contributed by atoms with Gasteiger partial charge in [-0.25, -0.2) is 5.43 Å². The molecule has 1 amide bonds. The van der Waals surface area contributed by atoms with Gasteiger partial charge in [0.25, 0.3) is 5.91 Å². The fourth-order valence-electron chi connectivity index (χ4n) is 2.27. The second-order valence-electron chi connectivity index (χ2n) is 5.19. The Morgan fingerprint density at radius 2 is 1.52 bits per heavy atom. The second-order valence-corrected chi connectivity index (χ2v) is 5.19. The molecule has 2 rings (SSSR count). The number of methoxy groups -OCH3 is 4. The molecule has 0 spiro atoms. The van der Waals surface area contributed by atoms with Crippen LogP contribution in [0.15, 0.2) is 41.5 Å². The molecular formula is C19H22N2O6. The average Bonchev–Trinajstić information content (AvgIpc) is 2.71. The highest BCUT2D eigenvalue weighted by Crippen LogP contribution is 2.37. The number of para-hydroxylation sites is 2. The average molecular weight is 374 g/mol. The van der Waals surface area contributed by atoms with Crippen molar-refractivity contribution in [3.8, 4) is 28.7 Å². The predicted octanol–water partition coefficient (Wildman–Crippen LogP) is 2.25. The minimum absolute atomic E-state index is 0.201. The van der Waals surface area contributed by atoms with E-state index < -0.39 is 5.91 Å². The molecule has 2 aromatic rings. The highest BCUT2D eigenvalue weighted by molar-refractivity contribution is 5.84. The van der Waals surface area contributed by atoms with Crippen molar-refractivity contribution in [3.63, 3.8) is 0 Å². The molecule has 0 aliphatic carbocycles. The molecule has 0 saturated carbocycles. The summed E-state index contributed by atoms with van der Waals surface area (Å²) >= 11 is 0. The van der Waals surface area contributed by atoms with Crippen LogP contribution in [0.4, 0.5) is 0 Å². The van der Waals surface area contributed by atoms with Crippen LogP contribution in [0.25, 0.3) is 0 Å². The van der Waals surface area contributed by atoms with Crippen LogP contribution in [0.5, 0.6) is 28.7 Å². The molecule has 2 aromatic carbocycles. The van der Waals surface area contributed by atoms with Gasteiger partial charge in [-0.2, -0.15) is 5.10 Å². The molecule has 8 nitrogen and oxygen atoms in total. The van der Waals surface area contributed by atoms with Crippen LogP contribution in [-0.2, 0) is 4.79 Å². The summed E-state index contributed by atoms with van der Waals surface area (Å²) in [6.45, 7) is -0.201. The van der Waals surface area contributed by atoms with Gasteiger partial charge in [-0.05, 0) is 24.3 Å². The van der Waals surface area contributed by atoms with E-state index in [0.29, 0.717) is 34.3 Å². The first-order valence-corrected chi connectivity index (χ1v) is 8.00. The fourth-order valence-corrected chi connectivity index (χ4v) is 2.27. The largest absolute Gasteiger partial charge is 0.493 e. The van der Waals surface area contributed by atoms with Gasteiger partial charge < -0.3 is 23.7 Å². The quantitative estimate of drug-likeness (QED) is 0.535. The van der Waals surface area contributed by atoms with Crippen molar-refractivity contribution in [1.82, 2.24) is 5.43 Å². The Morgan fingerprint density at radius 3 is 2.07 bits per heavy atom. The number of nitrogens with zero attached hydrogens (tertiary/aromatic N) is 1. The highest BCUT2D eigenvalue weighted by atomic mass is 16.5. The van der Waals surface area contributed by atoms with Gasteiger partial charge in [0, 0.05) is 5.56 Å². The maximum atomic E-state index is 11.9. The lowest BCUT2D eigenvalue weighted by atomic mass is 10.2. The van der Waals surface area contributed by atoms with Crippen LogP contribution in [0.3, 0.4) is 0 Å². The molecule has 0 fully saturated rings. The molecule has 0 unspecified atom stereocenters. The Labute approximate surface area is 157 Å². The van der Waals surface area contributed by atoms with Crippen LogP contribution >= 0.6 is 0 Å². The van der Waals surface area contributed by atoms with Crippen molar-refractivity contribution >= 4 is 12.1 Å². The lowest BCUT2D eigenvalue weighted by Crippen LogP contribution is -2.24. The van der Waals surface area contributed by atoms with E-state index in [1.165, 1.54) is 34.7 Å². The van der Waals surface area contributed by atoms with Gasteiger partial charge >= 0.3 is 0 Å². The van der Waals surface area contributed by atoms with E-state index in [0.717, 1.165) is 0 Å². The van der Waals surface area contributed by atoms with E-state index >= 15 is 0 Å². The molecule has 0 radical (unpaired) electrons. The number of carbonyl (C=O) groups excluding carboxylic acids is 1. The maximum absolute atomic E-state index is 11.9. The summed E-state index contributed by atoms with van der Waals surface area (Å²) in [6.07, 6.45) is 1.46. The van der Waals surface area contributed by atoms with Crippen LogP contribution in [0.2, 0.25) is 0 Å². The molecule has 0 aliphatic heterocycles. The Bertz CT molecular complexity index is 782. The summed E-state index contributed by atoms with van der Waals surface area (Å²) in [5.41, 5.74) is 3.06. The Morgan fingerprint density at radius 1 is 0.926 bits per heavy atom. The zero-order valence-electron chi connectivity index (χ0n) is 15.6. The number of hydrazone groups is 1. The van der Waals surface area contributed by atoms with Crippen LogP contribution in [0.1, 0.15) is 5.56 Å². The molecule has 27 heavy (non-hydrogen) atoms. The van der Waals surface area contributed by atoms with Gasteiger partial charge in [-0.3, -0.25) is 4.79 Å². The van der Waals surface area contributed by atoms with E-state index in [1.807, 2.05) is 6.07 Å². The van der Waals surface area contributed by atoms with Crippen LogP contribution in [0, 0.1) is 0 Å². The third-order valence-electron chi connectivity index (χ3n) is 3.52. The smallest absolute Gasteiger partial charge is 0.277 e. The zero-order chi connectivity index (χ0) is 19.6. The van der Waals surface area contributed by atoms with Gasteiger partial charge in [0.05, 0.1) is 34.7 Å². The summed E-state index contributed by atoms with van der Waals surface area (Å²) in [5.74, 6) is 2.07. The van der Waals surface area contributed by atoms with Gasteiger partial charge in [0.15, 0.2) is 29.6 Å². The van der Waals surface area contributed by atoms with Gasteiger partial charge in [0.1, 0.15) is 0 Å². The van der Waals surface area contributed by atoms with E-state index in [4.69, 9.17) is 23.7 Å². The first kappa shape index (κ1) is 19.9. The molecule has 0 aromatic heterocycles. The highest BCUT2D eigenvalue weighted by Gasteiger charge is 2.12. The summed E-state index contributed by atoms with van der Waals surface area (Å²) < 4.78 is 26.4. The Hall–Kier alpha value is -3.42. The van der Waals surface area contributed by atoms with Crippen molar-refractivity contribution in [1.29, 1.82) is 0 Å². The first-order valence-electron chi connectivity index (χ1n) is 8.00. The van der Waals surface area contributed by atoms with E-state index in [1.54, 1.807) is 30.3 Å². The van der Waals surface area contributed by atoms with Crippen molar-refractivity contribution < 1.29 is 28.5 Å². The predicted molar refractivity (Wildman–Crippen MR) is 100 cm³/mol. The molecule has 0 aliphatic rings. The number of rotatable bonds is 9.